The molecule has 1 aliphatic heterocycles. The van der Waals surface area contributed by atoms with Gasteiger partial charge in [0.15, 0.2) is 16.6 Å². The summed E-state index contributed by atoms with van der Waals surface area (Å²) in [5.74, 6) is 0.963. The lowest BCUT2D eigenvalue weighted by Crippen LogP contribution is -2.30. The average molecular weight is 368 g/mol. The van der Waals surface area contributed by atoms with Gasteiger partial charge < -0.3 is 14.8 Å². The lowest BCUT2D eigenvalue weighted by atomic mass is 10.1. The van der Waals surface area contributed by atoms with Crippen LogP contribution in [0.25, 0.3) is 6.08 Å². The fourth-order valence-corrected chi connectivity index (χ4v) is 3.16. The lowest BCUT2D eigenvalue weighted by Gasteiger charge is -2.15. The number of amides is 1. The summed E-state index contributed by atoms with van der Waals surface area (Å²) in [5, 5.41) is 3.36. The molecule has 1 fully saturated rings. The van der Waals surface area contributed by atoms with Crippen LogP contribution in [0.2, 0.25) is 0 Å². The fourth-order valence-electron chi connectivity index (χ4n) is 2.87. The van der Waals surface area contributed by atoms with Gasteiger partial charge in [0.2, 0.25) is 0 Å². The lowest BCUT2D eigenvalue weighted by molar-refractivity contribution is -0.113. The molecule has 0 radical (unpaired) electrons. The van der Waals surface area contributed by atoms with Gasteiger partial charge in [0.1, 0.15) is 5.70 Å². The molecule has 5 nitrogen and oxygen atoms in total. The highest BCUT2D eigenvalue weighted by Crippen LogP contribution is 2.33. The number of nitrogens with zero attached hydrogens (tertiary/aromatic N) is 1. The Morgan fingerprint density at radius 3 is 2.62 bits per heavy atom. The first-order valence-corrected chi connectivity index (χ1v) is 8.67. The van der Waals surface area contributed by atoms with Crippen LogP contribution >= 0.6 is 12.2 Å². The first-order valence-electron chi connectivity index (χ1n) is 8.26. The second-order valence-corrected chi connectivity index (χ2v) is 6.12. The quantitative estimate of drug-likeness (QED) is 0.646. The van der Waals surface area contributed by atoms with Gasteiger partial charge in [-0.2, -0.15) is 0 Å². The monoisotopic (exact) mass is 368 g/mol. The number of hydrogen-bond acceptors (Lipinski definition) is 4. The molecule has 6 heteroatoms. The van der Waals surface area contributed by atoms with Crippen molar-refractivity contribution in [3.63, 3.8) is 0 Å². The minimum absolute atomic E-state index is 0.201. The fraction of sp³-hybridized carbons (Fsp3) is 0.200. The Labute approximate surface area is 158 Å². The maximum atomic E-state index is 12.9. The molecule has 0 aliphatic carbocycles. The van der Waals surface area contributed by atoms with E-state index in [0.717, 1.165) is 23.2 Å². The molecule has 1 saturated heterocycles. The van der Waals surface area contributed by atoms with Crippen molar-refractivity contribution in [3.05, 3.63) is 59.3 Å². The topological polar surface area (TPSA) is 50.8 Å². The molecular weight excluding hydrogens is 348 g/mol. The van der Waals surface area contributed by atoms with Crippen molar-refractivity contribution in [2.24, 2.45) is 0 Å². The number of para-hydroxylation sites is 1. The Morgan fingerprint density at radius 2 is 1.92 bits per heavy atom. The third-order valence-electron chi connectivity index (χ3n) is 4.19. The maximum absolute atomic E-state index is 12.9. The van der Waals surface area contributed by atoms with Crippen LogP contribution in [0.5, 0.6) is 11.5 Å². The Balaban J connectivity index is 1.98. The highest BCUT2D eigenvalue weighted by molar-refractivity contribution is 7.80. The largest absolute Gasteiger partial charge is 0.493 e. The summed E-state index contributed by atoms with van der Waals surface area (Å²) in [6.45, 7) is 2.07. The number of carbonyl (C=O) groups excluding carboxylic acids is 1. The molecule has 26 heavy (non-hydrogen) atoms. The van der Waals surface area contributed by atoms with Gasteiger partial charge >= 0.3 is 0 Å². The Bertz CT molecular complexity index is 892. The number of methoxy groups -OCH3 is 2. The molecule has 1 amide bonds. The van der Waals surface area contributed by atoms with Gasteiger partial charge in [-0.1, -0.05) is 31.2 Å². The molecule has 134 valence electrons. The van der Waals surface area contributed by atoms with Gasteiger partial charge in [-0.15, -0.1) is 0 Å². The standard InChI is InChI=1S/C20H20N2O3S/c1-4-13-7-5-9-15(11-13)22-19(23)16(21-20(22)26)12-14-8-6-10-17(24-2)18(14)25-3/h5-12H,4H2,1-3H3,(H,21,26)/b16-12+. The third kappa shape index (κ3) is 3.28. The summed E-state index contributed by atoms with van der Waals surface area (Å²) in [4.78, 5) is 14.4. The van der Waals surface area contributed by atoms with Crippen molar-refractivity contribution in [1.29, 1.82) is 0 Å². The van der Waals surface area contributed by atoms with Gasteiger partial charge in [0.25, 0.3) is 5.91 Å². The number of rotatable bonds is 5. The van der Waals surface area contributed by atoms with Crippen molar-refractivity contribution in [2.75, 3.05) is 19.1 Å². The number of benzene rings is 2. The van der Waals surface area contributed by atoms with Crippen LogP contribution in [0, 0.1) is 0 Å². The molecule has 0 unspecified atom stereocenters. The SMILES string of the molecule is CCc1cccc(N2C(=O)/C(=C\c3cccc(OC)c3OC)NC2=S)c1. The Morgan fingerprint density at radius 1 is 1.15 bits per heavy atom. The van der Waals surface area contributed by atoms with E-state index in [4.69, 9.17) is 21.7 Å². The van der Waals surface area contributed by atoms with E-state index in [1.165, 1.54) is 4.90 Å². The number of hydrogen-bond donors (Lipinski definition) is 1. The molecule has 2 aromatic carbocycles. The van der Waals surface area contributed by atoms with E-state index < -0.39 is 0 Å². The average Bonchev–Trinajstić information content (AvgIpc) is 2.94. The zero-order chi connectivity index (χ0) is 18.7. The molecule has 0 saturated carbocycles. The third-order valence-corrected chi connectivity index (χ3v) is 4.47. The summed E-state index contributed by atoms with van der Waals surface area (Å²) < 4.78 is 10.7. The number of ether oxygens (including phenoxy) is 2. The van der Waals surface area contributed by atoms with E-state index in [0.29, 0.717) is 22.3 Å². The van der Waals surface area contributed by atoms with Crippen molar-refractivity contribution in [3.8, 4) is 11.5 Å². The summed E-state index contributed by atoms with van der Waals surface area (Å²) >= 11 is 5.38. The van der Waals surface area contributed by atoms with Crippen LogP contribution in [0.4, 0.5) is 5.69 Å². The number of thiocarbonyl (C=S) groups is 1. The van der Waals surface area contributed by atoms with Crippen LogP contribution in [0.3, 0.4) is 0 Å². The van der Waals surface area contributed by atoms with Crippen LogP contribution in [0.1, 0.15) is 18.1 Å². The van der Waals surface area contributed by atoms with Crippen molar-refractivity contribution in [2.45, 2.75) is 13.3 Å². The number of nitrogens with one attached hydrogen (secondary N) is 1. The van der Waals surface area contributed by atoms with Crippen LogP contribution in [-0.4, -0.2) is 25.2 Å². The second-order valence-electron chi connectivity index (χ2n) is 5.73. The molecule has 0 bridgehead atoms. The van der Waals surface area contributed by atoms with Crippen LogP contribution in [-0.2, 0) is 11.2 Å². The zero-order valence-corrected chi connectivity index (χ0v) is 15.7. The van der Waals surface area contributed by atoms with Crippen LogP contribution < -0.4 is 19.7 Å². The number of anilines is 1. The molecule has 0 spiro atoms. The summed E-state index contributed by atoms with van der Waals surface area (Å²) in [6, 6.07) is 13.3. The second kappa shape index (κ2) is 7.58. The Kier molecular flexibility index (Phi) is 5.23. The number of aryl methyl sites for hydroxylation is 1. The molecule has 0 atom stereocenters. The summed E-state index contributed by atoms with van der Waals surface area (Å²) in [6.07, 6.45) is 2.61. The highest BCUT2D eigenvalue weighted by Gasteiger charge is 2.32. The maximum Gasteiger partial charge on any atom is 0.281 e. The van der Waals surface area contributed by atoms with Gasteiger partial charge in [-0.25, -0.2) is 0 Å². The van der Waals surface area contributed by atoms with E-state index in [1.54, 1.807) is 26.4 Å². The summed E-state index contributed by atoms with van der Waals surface area (Å²) in [5.41, 5.74) is 3.02. The molecule has 2 aromatic rings. The normalized spacial score (nSPS) is 15.3. The molecule has 1 heterocycles. The molecule has 0 aromatic heterocycles. The number of carbonyl (C=O) groups is 1. The van der Waals surface area contributed by atoms with Crippen LogP contribution in [0.15, 0.2) is 48.2 Å². The first-order chi connectivity index (χ1) is 12.6. The van der Waals surface area contributed by atoms with E-state index in [1.807, 2.05) is 36.4 Å². The van der Waals surface area contributed by atoms with Gasteiger partial charge in [0.05, 0.1) is 19.9 Å². The van der Waals surface area contributed by atoms with E-state index in [2.05, 4.69) is 12.2 Å². The predicted octanol–water partition coefficient (Wildman–Crippen LogP) is 3.53. The summed E-state index contributed by atoms with van der Waals surface area (Å²) in [7, 11) is 3.14. The van der Waals surface area contributed by atoms with Gasteiger partial charge in [0, 0.05) is 5.56 Å². The highest BCUT2D eigenvalue weighted by atomic mass is 32.1. The van der Waals surface area contributed by atoms with E-state index in [9.17, 15) is 4.79 Å². The van der Waals surface area contributed by atoms with Gasteiger partial charge in [-0.3, -0.25) is 9.69 Å². The van der Waals surface area contributed by atoms with Crippen molar-refractivity contribution < 1.29 is 14.3 Å². The van der Waals surface area contributed by atoms with Gasteiger partial charge in [-0.05, 0) is 48.5 Å². The molecule has 1 N–H and O–H groups in total. The molecule has 1 aliphatic rings. The zero-order valence-electron chi connectivity index (χ0n) is 14.9. The van der Waals surface area contributed by atoms with E-state index >= 15 is 0 Å². The first kappa shape index (κ1) is 17.9. The molecular formula is C20H20N2O3S. The Hall–Kier alpha value is -2.86. The smallest absolute Gasteiger partial charge is 0.281 e. The molecule has 3 rings (SSSR count). The minimum Gasteiger partial charge on any atom is -0.493 e. The predicted molar refractivity (Wildman–Crippen MR) is 107 cm³/mol. The van der Waals surface area contributed by atoms with Crippen molar-refractivity contribution in [1.82, 2.24) is 5.32 Å². The van der Waals surface area contributed by atoms with Crippen molar-refractivity contribution >= 4 is 35.0 Å². The minimum atomic E-state index is -0.201. The van der Waals surface area contributed by atoms with E-state index in [-0.39, 0.29) is 5.91 Å².